The fourth-order valence-corrected chi connectivity index (χ4v) is 2.42. The molecule has 0 spiro atoms. The summed E-state index contributed by atoms with van der Waals surface area (Å²) in [6, 6.07) is 14.1. The lowest BCUT2D eigenvalue weighted by Gasteiger charge is -2.09. The zero-order valence-electron chi connectivity index (χ0n) is 13.3. The SMILES string of the molecule is CC(=CC(=S)Oc1ccccc1)NC(=O)OCc1ccc(Cl)c(Cl)c1. The van der Waals surface area contributed by atoms with Crippen molar-refractivity contribution in [3.05, 3.63) is 75.9 Å². The molecular weight excluding hydrogens is 381 g/mol. The Morgan fingerprint density at radius 2 is 1.88 bits per heavy atom. The molecule has 4 nitrogen and oxygen atoms in total. The first-order valence-electron chi connectivity index (χ1n) is 7.27. The van der Waals surface area contributed by atoms with Gasteiger partial charge in [0.2, 0.25) is 0 Å². The highest BCUT2D eigenvalue weighted by Crippen LogP contribution is 2.22. The molecule has 2 aromatic carbocycles. The van der Waals surface area contributed by atoms with E-state index in [4.69, 9.17) is 44.9 Å². The highest BCUT2D eigenvalue weighted by molar-refractivity contribution is 7.80. The van der Waals surface area contributed by atoms with Crippen LogP contribution in [-0.4, -0.2) is 11.1 Å². The second kappa shape index (κ2) is 9.42. The van der Waals surface area contributed by atoms with Crippen molar-refractivity contribution < 1.29 is 14.3 Å². The topological polar surface area (TPSA) is 47.6 Å². The number of hydrogen-bond donors (Lipinski definition) is 1. The lowest BCUT2D eigenvalue weighted by Crippen LogP contribution is -2.23. The van der Waals surface area contributed by atoms with E-state index in [1.807, 2.05) is 18.2 Å². The first kappa shape index (κ1) is 19.2. The standard InChI is InChI=1S/C18H15Cl2NO3S/c1-12(9-17(25)24-14-5-3-2-4-6-14)21-18(22)23-11-13-7-8-15(19)16(20)10-13/h2-10H,11H2,1H3,(H,21,22). The summed E-state index contributed by atoms with van der Waals surface area (Å²) in [5.74, 6) is 0.624. The van der Waals surface area contributed by atoms with Crippen molar-refractivity contribution in [2.45, 2.75) is 13.5 Å². The van der Waals surface area contributed by atoms with Gasteiger partial charge >= 0.3 is 6.09 Å². The van der Waals surface area contributed by atoms with Crippen LogP contribution >= 0.6 is 35.4 Å². The van der Waals surface area contributed by atoms with Gasteiger partial charge in [-0.05, 0) is 49.0 Å². The molecule has 7 heteroatoms. The predicted molar refractivity (Wildman–Crippen MR) is 103 cm³/mol. The fourth-order valence-electron chi connectivity index (χ4n) is 1.82. The van der Waals surface area contributed by atoms with E-state index in [0.717, 1.165) is 5.56 Å². The van der Waals surface area contributed by atoms with Crippen LogP contribution in [0.15, 0.2) is 60.3 Å². The van der Waals surface area contributed by atoms with Gasteiger partial charge in [0.15, 0.2) is 5.05 Å². The molecule has 0 heterocycles. The van der Waals surface area contributed by atoms with Gasteiger partial charge in [-0.1, -0.05) is 47.5 Å². The molecule has 0 radical (unpaired) electrons. The van der Waals surface area contributed by atoms with Gasteiger partial charge in [-0.15, -0.1) is 0 Å². The third-order valence-electron chi connectivity index (χ3n) is 2.95. The molecule has 1 N–H and O–H groups in total. The number of amides is 1. The summed E-state index contributed by atoms with van der Waals surface area (Å²) < 4.78 is 10.6. The summed E-state index contributed by atoms with van der Waals surface area (Å²) in [5.41, 5.74) is 1.23. The molecule has 0 fully saturated rings. The fraction of sp³-hybridized carbons (Fsp3) is 0.111. The molecule has 0 aliphatic rings. The van der Waals surface area contributed by atoms with E-state index >= 15 is 0 Å². The number of rotatable bonds is 5. The smallest absolute Gasteiger partial charge is 0.411 e. The Kier molecular flexibility index (Phi) is 7.25. The molecule has 1 amide bonds. The van der Waals surface area contributed by atoms with Crippen LogP contribution in [0, 0.1) is 0 Å². The zero-order chi connectivity index (χ0) is 18.2. The molecule has 0 aromatic heterocycles. The maximum Gasteiger partial charge on any atom is 0.411 e. The van der Waals surface area contributed by atoms with Crippen LogP contribution in [0.2, 0.25) is 10.0 Å². The summed E-state index contributed by atoms with van der Waals surface area (Å²) in [7, 11) is 0. The number of ether oxygens (including phenoxy) is 2. The Bertz CT molecular complexity index is 794. The summed E-state index contributed by atoms with van der Waals surface area (Å²) in [4.78, 5) is 11.8. The number of thiocarbonyl (C=S) groups is 1. The maximum atomic E-state index is 11.8. The molecule has 25 heavy (non-hydrogen) atoms. The maximum absolute atomic E-state index is 11.8. The van der Waals surface area contributed by atoms with Crippen LogP contribution in [0.1, 0.15) is 12.5 Å². The van der Waals surface area contributed by atoms with Crippen LogP contribution < -0.4 is 10.1 Å². The van der Waals surface area contributed by atoms with Gasteiger partial charge in [0.25, 0.3) is 0 Å². The third-order valence-corrected chi connectivity index (χ3v) is 3.89. The summed E-state index contributed by atoms with van der Waals surface area (Å²) in [5, 5.41) is 3.65. The van der Waals surface area contributed by atoms with Crippen LogP contribution in [0.3, 0.4) is 0 Å². The summed E-state index contributed by atoms with van der Waals surface area (Å²) >= 11 is 16.9. The molecule has 0 saturated carbocycles. The quantitative estimate of drug-likeness (QED) is 0.533. The molecule has 2 aromatic rings. The minimum absolute atomic E-state index is 0.0704. The number of allylic oxidation sites excluding steroid dienone is 1. The van der Waals surface area contributed by atoms with Gasteiger partial charge in [0, 0.05) is 11.8 Å². The largest absolute Gasteiger partial charge is 0.446 e. The van der Waals surface area contributed by atoms with E-state index in [1.54, 1.807) is 37.3 Å². The normalized spacial score (nSPS) is 10.9. The van der Waals surface area contributed by atoms with Crippen LogP contribution in [0.4, 0.5) is 4.79 Å². The van der Waals surface area contributed by atoms with E-state index in [0.29, 0.717) is 21.5 Å². The lowest BCUT2D eigenvalue weighted by atomic mass is 10.2. The number of carbonyl (C=O) groups excluding carboxylic acids is 1. The number of halogens is 2. The van der Waals surface area contributed by atoms with Gasteiger partial charge in [0.05, 0.1) is 10.0 Å². The van der Waals surface area contributed by atoms with Gasteiger partial charge in [-0.25, -0.2) is 4.79 Å². The van der Waals surface area contributed by atoms with Gasteiger partial charge in [-0.2, -0.15) is 0 Å². The van der Waals surface area contributed by atoms with Crippen LogP contribution in [-0.2, 0) is 11.3 Å². The Morgan fingerprint density at radius 3 is 2.56 bits per heavy atom. The van der Waals surface area contributed by atoms with E-state index in [9.17, 15) is 4.79 Å². The second-order valence-corrected chi connectivity index (χ2v) is 6.23. The van der Waals surface area contributed by atoms with Crippen molar-refractivity contribution in [1.29, 1.82) is 0 Å². The monoisotopic (exact) mass is 395 g/mol. The Balaban J connectivity index is 1.82. The predicted octanol–water partition coefficient (Wildman–Crippen LogP) is 5.53. The molecule has 0 atom stereocenters. The van der Waals surface area contributed by atoms with Crippen molar-refractivity contribution in [2.75, 3.05) is 0 Å². The average Bonchev–Trinajstić information content (AvgIpc) is 2.56. The number of carbonyl (C=O) groups is 1. The lowest BCUT2D eigenvalue weighted by molar-refractivity contribution is 0.142. The average molecular weight is 396 g/mol. The van der Waals surface area contributed by atoms with Crippen molar-refractivity contribution in [3.63, 3.8) is 0 Å². The summed E-state index contributed by atoms with van der Waals surface area (Å²) in [6.07, 6.45) is 0.922. The van der Waals surface area contributed by atoms with Crippen molar-refractivity contribution >= 4 is 46.6 Å². The second-order valence-electron chi connectivity index (χ2n) is 5.01. The first-order valence-corrected chi connectivity index (χ1v) is 8.43. The van der Waals surface area contributed by atoms with Crippen LogP contribution in [0.25, 0.3) is 0 Å². The molecule has 0 saturated heterocycles. The zero-order valence-corrected chi connectivity index (χ0v) is 15.6. The van der Waals surface area contributed by atoms with Gasteiger partial charge in [-0.3, -0.25) is 5.32 Å². The van der Waals surface area contributed by atoms with E-state index in [2.05, 4.69) is 5.32 Å². The minimum Gasteiger partial charge on any atom is -0.446 e. The van der Waals surface area contributed by atoms with E-state index in [-0.39, 0.29) is 11.7 Å². The molecule has 0 bridgehead atoms. The summed E-state index contributed by atoms with van der Waals surface area (Å²) in [6.45, 7) is 1.75. The van der Waals surface area contributed by atoms with Crippen molar-refractivity contribution in [2.24, 2.45) is 0 Å². The molecular formula is C18H15Cl2NO3S. The highest BCUT2D eigenvalue weighted by atomic mass is 35.5. The molecule has 2 rings (SSSR count). The van der Waals surface area contributed by atoms with E-state index < -0.39 is 6.09 Å². The molecule has 0 aliphatic carbocycles. The first-order chi connectivity index (χ1) is 11.9. The van der Waals surface area contributed by atoms with E-state index in [1.165, 1.54) is 6.08 Å². The number of hydrogen-bond acceptors (Lipinski definition) is 4. The molecule has 0 aliphatic heterocycles. The molecule has 130 valence electrons. The third kappa shape index (κ3) is 6.74. The van der Waals surface area contributed by atoms with Gasteiger partial charge < -0.3 is 9.47 Å². The Labute approximate surface area is 161 Å². The molecule has 0 unspecified atom stereocenters. The number of alkyl carbamates (subject to hydrolysis) is 1. The Morgan fingerprint density at radius 1 is 1.16 bits per heavy atom. The highest BCUT2D eigenvalue weighted by Gasteiger charge is 2.06. The Hall–Kier alpha value is -2.08. The minimum atomic E-state index is -0.609. The number of benzene rings is 2. The van der Waals surface area contributed by atoms with Crippen LogP contribution in [0.5, 0.6) is 5.75 Å². The van der Waals surface area contributed by atoms with Gasteiger partial charge in [0.1, 0.15) is 12.4 Å². The van der Waals surface area contributed by atoms with Crippen molar-refractivity contribution in [1.82, 2.24) is 5.32 Å². The van der Waals surface area contributed by atoms with Crippen molar-refractivity contribution in [3.8, 4) is 5.75 Å². The number of nitrogens with one attached hydrogen (secondary N) is 1. The number of para-hydroxylation sites is 1.